The summed E-state index contributed by atoms with van der Waals surface area (Å²) in [6.07, 6.45) is 0. The Morgan fingerprint density at radius 3 is 2.45 bits per heavy atom. The summed E-state index contributed by atoms with van der Waals surface area (Å²) in [7, 11) is 0. The molecule has 0 radical (unpaired) electrons. The zero-order valence-electron chi connectivity index (χ0n) is 10.9. The lowest BCUT2D eigenvalue weighted by Gasteiger charge is -2.17. The number of hydrogen-bond acceptors (Lipinski definition) is 4. The van der Waals surface area contributed by atoms with E-state index in [1.807, 2.05) is 30.3 Å². The Hall–Kier alpha value is -2.53. The second kappa shape index (κ2) is 6.08. The topological polar surface area (TPSA) is 101 Å². The molecule has 2 rings (SSSR count). The van der Waals surface area contributed by atoms with Gasteiger partial charge in [-0.3, -0.25) is 4.79 Å². The van der Waals surface area contributed by atoms with Crippen LogP contribution in [0.3, 0.4) is 0 Å². The molecule has 2 aromatic carbocycles. The third-order valence-electron chi connectivity index (χ3n) is 3.01. The monoisotopic (exact) mass is 271 g/mol. The maximum absolute atomic E-state index is 12.2. The maximum atomic E-state index is 12.2. The smallest absolute Gasteiger partial charge is 0.253 e. The molecule has 0 aromatic heterocycles. The van der Waals surface area contributed by atoms with Crippen molar-refractivity contribution >= 4 is 17.3 Å². The first kappa shape index (κ1) is 13.9. The Morgan fingerprint density at radius 2 is 1.85 bits per heavy atom. The first-order valence-electron chi connectivity index (χ1n) is 6.23. The molecule has 0 aliphatic carbocycles. The maximum Gasteiger partial charge on any atom is 0.253 e. The van der Waals surface area contributed by atoms with Gasteiger partial charge in [-0.25, -0.2) is 0 Å². The first-order valence-corrected chi connectivity index (χ1v) is 6.23. The van der Waals surface area contributed by atoms with Crippen LogP contribution in [0.5, 0.6) is 0 Å². The third kappa shape index (κ3) is 3.07. The Kier molecular flexibility index (Phi) is 4.22. The molecule has 104 valence electrons. The summed E-state index contributed by atoms with van der Waals surface area (Å²) in [5.74, 6) is -0.342. The Bertz CT molecular complexity index is 599. The molecule has 0 unspecified atom stereocenters. The number of aliphatic hydroxyl groups excluding tert-OH is 1. The van der Waals surface area contributed by atoms with Crippen LogP contribution in [0.1, 0.15) is 22.0 Å². The van der Waals surface area contributed by atoms with Crippen LogP contribution in [0.25, 0.3) is 0 Å². The molecule has 0 heterocycles. The molecule has 1 atom stereocenters. The molecular weight excluding hydrogens is 254 g/mol. The quantitative estimate of drug-likeness (QED) is 0.630. The molecule has 5 nitrogen and oxygen atoms in total. The fourth-order valence-corrected chi connectivity index (χ4v) is 1.94. The number of hydrogen-bond donors (Lipinski definition) is 4. The van der Waals surface area contributed by atoms with Crippen LogP contribution in [0.4, 0.5) is 11.4 Å². The fraction of sp³-hybridized carbons (Fsp3) is 0.133. The third-order valence-corrected chi connectivity index (χ3v) is 3.01. The summed E-state index contributed by atoms with van der Waals surface area (Å²) < 4.78 is 0. The molecule has 0 bridgehead atoms. The van der Waals surface area contributed by atoms with Gasteiger partial charge in [-0.1, -0.05) is 30.3 Å². The number of anilines is 2. The summed E-state index contributed by atoms with van der Waals surface area (Å²) in [6, 6.07) is 13.5. The van der Waals surface area contributed by atoms with E-state index >= 15 is 0 Å². The van der Waals surface area contributed by atoms with Gasteiger partial charge in [0.25, 0.3) is 5.91 Å². The van der Waals surface area contributed by atoms with Crippen molar-refractivity contribution in [1.29, 1.82) is 0 Å². The van der Waals surface area contributed by atoms with Crippen molar-refractivity contribution in [3.63, 3.8) is 0 Å². The number of amides is 1. The van der Waals surface area contributed by atoms with Crippen molar-refractivity contribution in [1.82, 2.24) is 5.32 Å². The highest BCUT2D eigenvalue weighted by Crippen LogP contribution is 2.18. The summed E-state index contributed by atoms with van der Waals surface area (Å²) >= 11 is 0. The van der Waals surface area contributed by atoms with Gasteiger partial charge < -0.3 is 21.9 Å². The number of nitrogens with one attached hydrogen (secondary N) is 1. The van der Waals surface area contributed by atoms with E-state index in [0.29, 0.717) is 16.9 Å². The molecule has 0 aliphatic rings. The van der Waals surface area contributed by atoms with Crippen LogP contribution in [-0.2, 0) is 0 Å². The molecular formula is C15H17N3O2. The number of nitrogens with two attached hydrogens (primary N) is 2. The lowest BCUT2D eigenvalue weighted by Crippen LogP contribution is -2.31. The predicted octanol–water partition coefficient (Wildman–Crippen LogP) is 1.31. The van der Waals surface area contributed by atoms with E-state index in [1.54, 1.807) is 12.1 Å². The van der Waals surface area contributed by atoms with Gasteiger partial charge in [0.05, 0.1) is 18.2 Å². The van der Waals surface area contributed by atoms with Gasteiger partial charge in [0, 0.05) is 11.4 Å². The molecule has 0 spiro atoms. The van der Waals surface area contributed by atoms with E-state index < -0.39 is 6.04 Å². The van der Waals surface area contributed by atoms with E-state index in [-0.39, 0.29) is 12.5 Å². The van der Waals surface area contributed by atoms with Crippen molar-refractivity contribution in [2.75, 3.05) is 18.1 Å². The highest BCUT2D eigenvalue weighted by molar-refractivity contribution is 5.99. The van der Waals surface area contributed by atoms with Crippen molar-refractivity contribution in [3.8, 4) is 0 Å². The highest BCUT2D eigenvalue weighted by atomic mass is 16.3. The van der Waals surface area contributed by atoms with E-state index in [0.717, 1.165) is 5.56 Å². The van der Waals surface area contributed by atoms with Gasteiger partial charge >= 0.3 is 0 Å². The van der Waals surface area contributed by atoms with Gasteiger partial charge in [-0.05, 0) is 23.8 Å². The lowest BCUT2D eigenvalue weighted by molar-refractivity contribution is 0.0917. The number of nitrogen functional groups attached to an aromatic ring is 2. The van der Waals surface area contributed by atoms with Crippen LogP contribution in [0, 0.1) is 0 Å². The largest absolute Gasteiger partial charge is 0.399 e. The summed E-state index contributed by atoms with van der Waals surface area (Å²) in [4.78, 5) is 12.2. The molecule has 1 amide bonds. The van der Waals surface area contributed by atoms with E-state index in [4.69, 9.17) is 11.5 Å². The van der Waals surface area contributed by atoms with Crippen LogP contribution < -0.4 is 16.8 Å². The summed E-state index contributed by atoms with van der Waals surface area (Å²) in [5, 5.41) is 12.2. The lowest BCUT2D eigenvalue weighted by atomic mass is 10.1. The average Bonchev–Trinajstić information content (AvgIpc) is 2.45. The van der Waals surface area contributed by atoms with Crippen molar-refractivity contribution in [2.24, 2.45) is 0 Å². The number of carbonyl (C=O) groups excluding carboxylic acids is 1. The SMILES string of the molecule is Nc1ccc(C(=O)N[C@H](CO)c2ccccc2)c(N)c1. The molecule has 0 aliphatic heterocycles. The minimum absolute atomic E-state index is 0.190. The number of benzene rings is 2. The van der Waals surface area contributed by atoms with Crippen LogP contribution >= 0.6 is 0 Å². The molecule has 0 fully saturated rings. The van der Waals surface area contributed by atoms with Gasteiger partial charge in [-0.15, -0.1) is 0 Å². The Labute approximate surface area is 117 Å². The Balaban J connectivity index is 2.17. The van der Waals surface area contributed by atoms with Crippen LogP contribution in [-0.4, -0.2) is 17.6 Å². The van der Waals surface area contributed by atoms with Gasteiger partial charge in [-0.2, -0.15) is 0 Å². The van der Waals surface area contributed by atoms with Crippen molar-refractivity contribution in [3.05, 3.63) is 59.7 Å². The molecule has 2 aromatic rings. The number of aliphatic hydroxyl groups is 1. The van der Waals surface area contributed by atoms with E-state index in [1.165, 1.54) is 6.07 Å². The van der Waals surface area contributed by atoms with Crippen LogP contribution in [0.2, 0.25) is 0 Å². The zero-order chi connectivity index (χ0) is 14.5. The second-order valence-electron chi connectivity index (χ2n) is 4.47. The van der Waals surface area contributed by atoms with Gasteiger partial charge in [0.1, 0.15) is 0 Å². The first-order chi connectivity index (χ1) is 9.61. The van der Waals surface area contributed by atoms with Crippen LogP contribution in [0.15, 0.2) is 48.5 Å². The van der Waals surface area contributed by atoms with E-state index in [9.17, 15) is 9.90 Å². The predicted molar refractivity (Wildman–Crippen MR) is 79.0 cm³/mol. The standard InChI is InChI=1S/C15H17N3O2/c16-11-6-7-12(13(17)8-11)15(20)18-14(9-19)10-4-2-1-3-5-10/h1-8,14,19H,9,16-17H2,(H,18,20)/t14-/m1/s1. The number of rotatable bonds is 4. The molecule has 5 heteroatoms. The number of carbonyl (C=O) groups is 1. The normalized spacial score (nSPS) is 11.8. The molecule has 0 saturated heterocycles. The molecule has 6 N–H and O–H groups in total. The zero-order valence-corrected chi connectivity index (χ0v) is 10.9. The Morgan fingerprint density at radius 1 is 1.15 bits per heavy atom. The average molecular weight is 271 g/mol. The second-order valence-corrected chi connectivity index (χ2v) is 4.47. The summed E-state index contributed by atoms with van der Waals surface area (Å²) in [5.41, 5.74) is 13.4. The summed E-state index contributed by atoms with van der Waals surface area (Å²) in [6.45, 7) is -0.190. The van der Waals surface area contributed by atoms with E-state index in [2.05, 4.69) is 5.32 Å². The van der Waals surface area contributed by atoms with Crippen molar-refractivity contribution in [2.45, 2.75) is 6.04 Å². The van der Waals surface area contributed by atoms with Crippen molar-refractivity contribution < 1.29 is 9.90 Å². The highest BCUT2D eigenvalue weighted by Gasteiger charge is 2.16. The van der Waals surface area contributed by atoms with Gasteiger partial charge in [0.15, 0.2) is 0 Å². The minimum atomic E-state index is -0.472. The molecule has 0 saturated carbocycles. The van der Waals surface area contributed by atoms with Gasteiger partial charge in [0.2, 0.25) is 0 Å². The molecule has 20 heavy (non-hydrogen) atoms. The fourth-order valence-electron chi connectivity index (χ4n) is 1.94. The minimum Gasteiger partial charge on any atom is -0.399 e.